The van der Waals surface area contributed by atoms with E-state index in [1.165, 1.54) is 33.6 Å². The highest BCUT2D eigenvalue weighted by Crippen LogP contribution is 2.33. The number of ketones is 1. The van der Waals surface area contributed by atoms with Gasteiger partial charge in [0.25, 0.3) is 5.56 Å². The van der Waals surface area contributed by atoms with Gasteiger partial charge in [0.1, 0.15) is 11.4 Å². The van der Waals surface area contributed by atoms with Gasteiger partial charge in [-0.25, -0.2) is 4.98 Å². The Kier molecular flexibility index (Phi) is 6.16. The molecule has 168 valence electrons. The molecule has 0 amide bonds. The Morgan fingerprint density at radius 2 is 1.68 bits per heavy atom. The lowest BCUT2D eigenvalue weighted by atomic mass is 10.00. The van der Waals surface area contributed by atoms with Gasteiger partial charge >= 0.3 is 5.97 Å². The summed E-state index contributed by atoms with van der Waals surface area (Å²) in [4.78, 5) is 45.2. The van der Waals surface area contributed by atoms with Crippen molar-refractivity contribution in [1.82, 2.24) is 9.55 Å². The Balaban J connectivity index is 1.44. The summed E-state index contributed by atoms with van der Waals surface area (Å²) < 4.78 is 6.86. The monoisotopic (exact) mass is 486 g/mol. The van der Waals surface area contributed by atoms with Crippen LogP contribution in [0.3, 0.4) is 0 Å². The molecule has 1 atom stereocenters. The van der Waals surface area contributed by atoms with Crippen molar-refractivity contribution in [3.8, 4) is 10.4 Å². The van der Waals surface area contributed by atoms with E-state index in [9.17, 15) is 14.4 Å². The molecule has 0 N–H and O–H groups in total. The van der Waals surface area contributed by atoms with Crippen LogP contribution in [0.15, 0.2) is 94.7 Å². The molecule has 0 aliphatic rings. The van der Waals surface area contributed by atoms with Crippen LogP contribution in [0.4, 0.5) is 0 Å². The first-order valence-electron chi connectivity index (χ1n) is 10.5. The van der Waals surface area contributed by atoms with Gasteiger partial charge in [0.05, 0.1) is 11.7 Å². The first-order chi connectivity index (χ1) is 16.6. The molecule has 3 aromatic heterocycles. The van der Waals surface area contributed by atoms with Crippen molar-refractivity contribution in [2.75, 3.05) is 0 Å². The molecule has 8 heteroatoms. The zero-order valence-corrected chi connectivity index (χ0v) is 19.4. The fourth-order valence-electron chi connectivity index (χ4n) is 3.66. The average Bonchev–Trinajstić information content (AvgIpc) is 3.55. The van der Waals surface area contributed by atoms with Crippen molar-refractivity contribution in [2.45, 2.75) is 12.6 Å². The summed E-state index contributed by atoms with van der Waals surface area (Å²) in [6, 6.07) is 21.4. The van der Waals surface area contributed by atoms with Gasteiger partial charge in [0, 0.05) is 26.9 Å². The summed E-state index contributed by atoms with van der Waals surface area (Å²) in [7, 11) is 0. The molecule has 0 fully saturated rings. The van der Waals surface area contributed by atoms with Gasteiger partial charge in [0.15, 0.2) is 6.10 Å². The van der Waals surface area contributed by atoms with Crippen LogP contribution in [0.25, 0.3) is 20.7 Å². The van der Waals surface area contributed by atoms with Crippen LogP contribution in [0.2, 0.25) is 0 Å². The largest absolute Gasteiger partial charge is 0.448 e. The van der Waals surface area contributed by atoms with Crippen LogP contribution in [0, 0.1) is 0 Å². The Bertz CT molecular complexity index is 1510. The molecule has 5 aromatic rings. The number of carbonyl (C=O) groups is 2. The summed E-state index contributed by atoms with van der Waals surface area (Å²) in [5.74, 6) is -1.03. The van der Waals surface area contributed by atoms with E-state index in [4.69, 9.17) is 4.74 Å². The van der Waals surface area contributed by atoms with E-state index in [0.29, 0.717) is 21.3 Å². The van der Waals surface area contributed by atoms with Crippen LogP contribution >= 0.6 is 22.7 Å². The number of ether oxygens (including phenoxy) is 1. The fraction of sp³-hybridized carbons (Fsp3) is 0.0769. The third kappa shape index (κ3) is 4.33. The molecule has 0 bridgehead atoms. The second-order valence-electron chi connectivity index (χ2n) is 7.50. The van der Waals surface area contributed by atoms with E-state index < -0.39 is 12.1 Å². The Labute approximate surface area is 202 Å². The minimum Gasteiger partial charge on any atom is -0.448 e. The molecule has 0 saturated carbocycles. The van der Waals surface area contributed by atoms with Gasteiger partial charge < -0.3 is 4.74 Å². The number of benzene rings is 2. The number of hydrogen-bond donors (Lipinski definition) is 0. The van der Waals surface area contributed by atoms with Crippen molar-refractivity contribution in [1.29, 1.82) is 0 Å². The highest BCUT2D eigenvalue weighted by Gasteiger charge is 2.26. The molecule has 34 heavy (non-hydrogen) atoms. The summed E-state index contributed by atoms with van der Waals surface area (Å²) in [6.07, 6.45) is 0.225. The highest BCUT2D eigenvalue weighted by molar-refractivity contribution is 7.18. The maximum Gasteiger partial charge on any atom is 0.327 e. The smallest absolute Gasteiger partial charge is 0.327 e. The van der Waals surface area contributed by atoms with Crippen molar-refractivity contribution >= 4 is 44.6 Å². The molecule has 6 nitrogen and oxygen atoms in total. The van der Waals surface area contributed by atoms with Crippen LogP contribution < -0.4 is 5.56 Å². The number of rotatable bonds is 7. The lowest BCUT2D eigenvalue weighted by Gasteiger charge is -2.18. The molecule has 5 rings (SSSR count). The normalized spacial score (nSPS) is 11.9. The molecular formula is C26H18N2O4S2. The van der Waals surface area contributed by atoms with Crippen LogP contribution in [-0.4, -0.2) is 21.3 Å². The van der Waals surface area contributed by atoms with Gasteiger partial charge in [-0.1, -0.05) is 66.7 Å². The Morgan fingerprint density at radius 3 is 2.38 bits per heavy atom. The summed E-state index contributed by atoms with van der Waals surface area (Å²) in [6.45, 7) is -0.354. The summed E-state index contributed by atoms with van der Waals surface area (Å²) in [5, 5.41) is 4.32. The molecule has 0 spiro atoms. The molecule has 1 unspecified atom stereocenters. The van der Waals surface area contributed by atoms with Gasteiger partial charge in [0.2, 0.25) is 5.78 Å². The molecule has 0 saturated heterocycles. The van der Waals surface area contributed by atoms with E-state index >= 15 is 0 Å². The number of thiophene rings is 2. The maximum atomic E-state index is 13.2. The van der Waals surface area contributed by atoms with E-state index in [1.807, 2.05) is 35.0 Å². The predicted octanol–water partition coefficient (Wildman–Crippen LogP) is 5.35. The standard InChI is InChI=1S/C26H18N2O4S2/c29-21(32-24(18-10-5-2-6-11-18)23(30)17-8-3-1-4-9-17)14-28-16-27-25-22(26(28)31)19(15-34-25)20-12-7-13-33-20/h1-13,15-16,24H,14H2. The van der Waals surface area contributed by atoms with E-state index in [2.05, 4.69) is 4.98 Å². The SMILES string of the molecule is O=C(Cn1cnc2scc(-c3cccs3)c2c1=O)OC(C(=O)c1ccccc1)c1ccccc1. The molecule has 0 aliphatic heterocycles. The van der Waals surface area contributed by atoms with Crippen molar-refractivity contribution in [3.05, 3.63) is 111 Å². The number of esters is 1. The van der Waals surface area contributed by atoms with Crippen molar-refractivity contribution in [2.24, 2.45) is 0 Å². The van der Waals surface area contributed by atoms with Crippen LogP contribution in [0.1, 0.15) is 22.0 Å². The maximum absolute atomic E-state index is 13.2. The summed E-state index contributed by atoms with van der Waals surface area (Å²) >= 11 is 2.92. The van der Waals surface area contributed by atoms with E-state index in [-0.39, 0.29) is 17.9 Å². The second-order valence-corrected chi connectivity index (χ2v) is 9.30. The van der Waals surface area contributed by atoms with Gasteiger partial charge in [-0.15, -0.1) is 22.7 Å². The quantitative estimate of drug-likeness (QED) is 0.229. The van der Waals surface area contributed by atoms with Gasteiger partial charge in [-0.2, -0.15) is 0 Å². The average molecular weight is 487 g/mol. The molecule has 2 aromatic carbocycles. The van der Waals surface area contributed by atoms with E-state index in [1.54, 1.807) is 48.5 Å². The van der Waals surface area contributed by atoms with Crippen LogP contribution in [-0.2, 0) is 16.1 Å². The second kappa shape index (κ2) is 9.54. The predicted molar refractivity (Wildman–Crippen MR) is 133 cm³/mol. The third-order valence-electron chi connectivity index (χ3n) is 5.29. The van der Waals surface area contributed by atoms with Crippen LogP contribution in [0.5, 0.6) is 0 Å². The lowest BCUT2D eigenvalue weighted by Crippen LogP contribution is -2.28. The lowest BCUT2D eigenvalue weighted by molar-refractivity contribution is -0.148. The zero-order valence-electron chi connectivity index (χ0n) is 17.8. The number of nitrogens with zero attached hydrogens (tertiary/aromatic N) is 2. The topological polar surface area (TPSA) is 78.3 Å². The number of hydrogen-bond acceptors (Lipinski definition) is 7. The number of carbonyl (C=O) groups excluding carboxylic acids is 2. The molecular weight excluding hydrogens is 468 g/mol. The third-order valence-corrected chi connectivity index (χ3v) is 7.08. The van der Waals surface area contributed by atoms with E-state index in [0.717, 1.165) is 10.4 Å². The van der Waals surface area contributed by atoms with Gasteiger partial charge in [-0.05, 0) is 11.4 Å². The number of aromatic nitrogens is 2. The first kappa shape index (κ1) is 21.9. The Morgan fingerprint density at radius 1 is 0.941 bits per heavy atom. The first-order valence-corrected chi connectivity index (χ1v) is 12.2. The molecule has 3 heterocycles. The number of Topliss-reactive ketones (excluding diaryl/α,β-unsaturated/α-hetero) is 1. The van der Waals surface area contributed by atoms with Gasteiger partial charge in [-0.3, -0.25) is 19.0 Å². The molecule has 0 radical (unpaired) electrons. The summed E-state index contributed by atoms with van der Waals surface area (Å²) in [5.41, 5.74) is 1.47. The zero-order chi connectivity index (χ0) is 23.5. The molecule has 0 aliphatic carbocycles. The van der Waals surface area contributed by atoms with Crippen molar-refractivity contribution in [3.63, 3.8) is 0 Å². The van der Waals surface area contributed by atoms with Crippen molar-refractivity contribution < 1.29 is 14.3 Å². The highest BCUT2D eigenvalue weighted by atomic mass is 32.1. The minimum absolute atomic E-state index is 0.322. The Hall–Kier alpha value is -3.88. The number of fused-ring (bicyclic) bond motifs is 1. The fourth-order valence-corrected chi connectivity index (χ4v) is 5.38. The minimum atomic E-state index is -1.12.